The molecule has 2 unspecified atom stereocenters. The number of nitrogens with two attached hydrogens (primary N) is 2. The number of Topliss-reactive ketones (excluding diaryl/α,β-unsaturated/α-hetero) is 1. The van der Waals surface area contributed by atoms with Crippen LogP contribution in [-0.4, -0.2) is 33.4 Å². The van der Waals surface area contributed by atoms with Crippen molar-refractivity contribution in [3.63, 3.8) is 0 Å². The molecule has 1 amide bonds. The largest absolute Gasteiger partial charge is 0.445 e. The number of primary amides is 1. The van der Waals surface area contributed by atoms with E-state index in [1.54, 1.807) is 11.5 Å². The minimum absolute atomic E-state index is 0.151. The summed E-state index contributed by atoms with van der Waals surface area (Å²) in [6.45, 7) is 1.46. The molecular weight excluding hydrogens is 290 g/mol. The molecule has 0 bridgehead atoms. The maximum absolute atomic E-state index is 12.4. The molecule has 116 valence electrons. The lowest BCUT2D eigenvalue weighted by atomic mass is 9.92. The third-order valence-corrected chi connectivity index (χ3v) is 4.01. The molecule has 3 rings (SSSR count). The van der Waals surface area contributed by atoms with E-state index in [9.17, 15) is 19.5 Å². The predicted molar refractivity (Wildman–Crippen MR) is 74.2 cm³/mol. The van der Waals surface area contributed by atoms with Crippen molar-refractivity contribution in [3.8, 4) is 0 Å². The van der Waals surface area contributed by atoms with E-state index in [1.807, 2.05) is 0 Å². The Bertz CT molecular complexity index is 746. The van der Waals surface area contributed by atoms with Crippen LogP contribution in [0, 0.1) is 0 Å². The number of hydrogen-bond donors (Lipinski definition) is 3. The van der Waals surface area contributed by atoms with Gasteiger partial charge in [-0.3, -0.25) is 9.59 Å². The highest BCUT2D eigenvalue weighted by Gasteiger charge is 2.41. The molecule has 1 aliphatic heterocycles. The first-order valence-electron chi connectivity index (χ1n) is 6.71. The van der Waals surface area contributed by atoms with Gasteiger partial charge in [0.15, 0.2) is 5.78 Å². The number of allylic oxidation sites excluding steroid dienone is 2. The summed E-state index contributed by atoms with van der Waals surface area (Å²) in [6.07, 6.45) is -0.815. The SMILES string of the molecule is CC1=CC(=O)c2c(COC(N)=O)c3n(c2C1=O)CC(N)C3O. The van der Waals surface area contributed by atoms with Crippen LogP contribution in [0.5, 0.6) is 0 Å². The van der Waals surface area contributed by atoms with Crippen LogP contribution in [0.25, 0.3) is 0 Å². The number of ether oxygens (including phenoxy) is 1. The van der Waals surface area contributed by atoms with E-state index in [0.29, 0.717) is 11.3 Å². The number of hydrogen-bond acceptors (Lipinski definition) is 6. The molecule has 1 aliphatic carbocycles. The maximum atomic E-state index is 12.4. The number of aromatic nitrogens is 1. The van der Waals surface area contributed by atoms with Crippen molar-refractivity contribution in [3.05, 3.63) is 34.2 Å². The van der Waals surface area contributed by atoms with E-state index >= 15 is 0 Å². The van der Waals surface area contributed by atoms with Crippen LogP contribution in [0.3, 0.4) is 0 Å². The lowest BCUT2D eigenvalue weighted by Crippen LogP contribution is -2.28. The van der Waals surface area contributed by atoms with Crippen LogP contribution in [-0.2, 0) is 17.9 Å². The second-order valence-corrected chi connectivity index (χ2v) is 5.44. The molecule has 2 heterocycles. The Labute approximate surface area is 125 Å². The molecule has 0 radical (unpaired) electrons. The Kier molecular flexibility index (Phi) is 3.15. The molecule has 0 fully saturated rings. The van der Waals surface area contributed by atoms with Gasteiger partial charge in [0, 0.05) is 17.7 Å². The van der Waals surface area contributed by atoms with Gasteiger partial charge in [0.2, 0.25) is 5.78 Å². The molecule has 1 aromatic heterocycles. The minimum Gasteiger partial charge on any atom is -0.445 e. The lowest BCUT2D eigenvalue weighted by molar-refractivity contribution is 0.0975. The Morgan fingerprint density at radius 3 is 2.82 bits per heavy atom. The summed E-state index contributed by atoms with van der Waals surface area (Å²) in [5, 5.41) is 10.2. The number of carbonyl (C=O) groups is 3. The first-order chi connectivity index (χ1) is 10.3. The second-order valence-electron chi connectivity index (χ2n) is 5.44. The van der Waals surface area contributed by atoms with Gasteiger partial charge in [-0.2, -0.15) is 0 Å². The van der Waals surface area contributed by atoms with Gasteiger partial charge in [-0.1, -0.05) is 0 Å². The van der Waals surface area contributed by atoms with Gasteiger partial charge in [-0.15, -0.1) is 0 Å². The molecule has 2 aliphatic rings. The minimum atomic E-state index is -1.04. The smallest absolute Gasteiger partial charge is 0.404 e. The first kappa shape index (κ1) is 14.5. The van der Waals surface area contributed by atoms with Crippen LogP contribution < -0.4 is 11.5 Å². The highest BCUT2D eigenvalue weighted by molar-refractivity contribution is 6.24. The Morgan fingerprint density at radius 2 is 2.18 bits per heavy atom. The van der Waals surface area contributed by atoms with Crippen LogP contribution in [0.1, 0.15) is 45.1 Å². The number of ketones is 2. The average molecular weight is 305 g/mol. The number of aliphatic hydroxyl groups excluding tert-OH is 1. The number of amides is 1. The van der Waals surface area contributed by atoms with Crippen molar-refractivity contribution in [2.75, 3.05) is 0 Å². The number of aliphatic hydroxyl groups is 1. The summed E-state index contributed by atoms with van der Waals surface area (Å²) < 4.78 is 6.30. The molecule has 0 spiro atoms. The van der Waals surface area contributed by atoms with Crippen LogP contribution in [0.4, 0.5) is 4.79 Å². The zero-order valence-electron chi connectivity index (χ0n) is 11.8. The van der Waals surface area contributed by atoms with Gasteiger partial charge in [0.05, 0.1) is 17.3 Å². The van der Waals surface area contributed by atoms with Crippen molar-refractivity contribution >= 4 is 17.7 Å². The van der Waals surface area contributed by atoms with Crippen LogP contribution >= 0.6 is 0 Å². The fraction of sp³-hybridized carbons (Fsp3) is 0.357. The van der Waals surface area contributed by atoms with Crippen LogP contribution in [0.15, 0.2) is 11.6 Å². The van der Waals surface area contributed by atoms with Gasteiger partial charge < -0.3 is 25.9 Å². The standard InChI is InChI=1S/C14H15N3O5/c1-5-2-8(18)9-6(4-22-14(16)21)10-13(20)7(15)3-17(10)11(9)12(5)19/h2,7,13,20H,3-4,15H2,1H3,(H2,16,21). The normalized spacial score (nSPS) is 23.1. The van der Waals surface area contributed by atoms with Crippen molar-refractivity contribution in [1.29, 1.82) is 0 Å². The zero-order chi connectivity index (χ0) is 16.2. The highest BCUT2D eigenvalue weighted by Crippen LogP contribution is 2.38. The summed E-state index contributed by atoms with van der Waals surface area (Å²) in [5.74, 6) is -0.666. The molecule has 22 heavy (non-hydrogen) atoms. The van der Waals surface area contributed by atoms with Gasteiger partial charge in [0.25, 0.3) is 0 Å². The summed E-state index contributed by atoms with van der Waals surface area (Å²) in [4.78, 5) is 35.5. The van der Waals surface area contributed by atoms with E-state index in [2.05, 4.69) is 0 Å². The van der Waals surface area contributed by atoms with E-state index in [1.165, 1.54) is 6.08 Å². The molecule has 8 nitrogen and oxygen atoms in total. The third kappa shape index (κ3) is 1.88. The highest BCUT2D eigenvalue weighted by atomic mass is 16.5. The monoisotopic (exact) mass is 305 g/mol. The number of fused-ring (bicyclic) bond motifs is 3. The van der Waals surface area contributed by atoms with Crippen molar-refractivity contribution in [2.45, 2.75) is 32.2 Å². The quantitative estimate of drug-likeness (QED) is 0.690. The molecule has 0 aromatic carbocycles. The fourth-order valence-corrected chi connectivity index (χ4v) is 3.04. The predicted octanol–water partition coefficient (Wildman–Crippen LogP) is -0.217. The Morgan fingerprint density at radius 1 is 1.50 bits per heavy atom. The second kappa shape index (κ2) is 4.79. The fourth-order valence-electron chi connectivity index (χ4n) is 3.04. The van der Waals surface area contributed by atoms with Gasteiger partial charge in [-0.05, 0) is 13.0 Å². The lowest BCUT2D eigenvalue weighted by Gasteiger charge is -2.15. The number of rotatable bonds is 2. The maximum Gasteiger partial charge on any atom is 0.404 e. The molecule has 1 aromatic rings. The van der Waals surface area contributed by atoms with Crippen molar-refractivity contribution in [2.24, 2.45) is 11.5 Å². The Hall–Kier alpha value is -2.45. The van der Waals surface area contributed by atoms with E-state index in [0.717, 1.165) is 0 Å². The van der Waals surface area contributed by atoms with Crippen molar-refractivity contribution in [1.82, 2.24) is 4.57 Å². The van der Waals surface area contributed by atoms with Crippen molar-refractivity contribution < 1.29 is 24.2 Å². The zero-order valence-corrected chi connectivity index (χ0v) is 11.8. The van der Waals surface area contributed by atoms with E-state index in [-0.39, 0.29) is 41.5 Å². The summed E-state index contributed by atoms with van der Waals surface area (Å²) in [5.41, 5.74) is 12.1. The number of carbonyl (C=O) groups excluding carboxylic acids is 3. The summed E-state index contributed by atoms with van der Waals surface area (Å²) in [6, 6.07) is -0.596. The van der Waals surface area contributed by atoms with Gasteiger partial charge in [0.1, 0.15) is 18.4 Å². The van der Waals surface area contributed by atoms with Gasteiger partial charge in [-0.25, -0.2) is 4.79 Å². The molecule has 0 saturated heterocycles. The molecular formula is C14H15N3O5. The molecule has 2 atom stereocenters. The molecule has 5 N–H and O–H groups in total. The first-order valence-corrected chi connectivity index (χ1v) is 6.71. The van der Waals surface area contributed by atoms with Crippen LogP contribution in [0.2, 0.25) is 0 Å². The van der Waals surface area contributed by atoms with E-state index < -0.39 is 18.2 Å². The summed E-state index contributed by atoms with van der Waals surface area (Å²) >= 11 is 0. The summed E-state index contributed by atoms with van der Waals surface area (Å²) in [7, 11) is 0. The third-order valence-electron chi connectivity index (χ3n) is 4.01. The van der Waals surface area contributed by atoms with Gasteiger partial charge >= 0.3 is 6.09 Å². The van der Waals surface area contributed by atoms with E-state index in [4.69, 9.17) is 16.2 Å². The molecule has 8 heteroatoms. The molecule has 0 saturated carbocycles. The average Bonchev–Trinajstić information content (AvgIpc) is 2.90. The number of nitrogens with zero attached hydrogens (tertiary/aromatic N) is 1. The Balaban J connectivity index is 2.21. The topological polar surface area (TPSA) is 138 Å².